The quantitative estimate of drug-likeness (QED) is 0.666. The van der Waals surface area contributed by atoms with Crippen molar-refractivity contribution in [3.05, 3.63) is 35.9 Å². The van der Waals surface area contributed by atoms with Crippen molar-refractivity contribution in [2.45, 2.75) is 32.1 Å². The van der Waals surface area contributed by atoms with E-state index in [4.69, 9.17) is 0 Å². The highest BCUT2D eigenvalue weighted by atomic mass is 16.1. The highest BCUT2D eigenvalue weighted by Gasteiger charge is 2.55. The van der Waals surface area contributed by atoms with Crippen LogP contribution in [0.15, 0.2) is 30.3 Å². The molecule has 1 heteroatoms. The maximum atomic E-state index is 11.1. The zero-order chi connectivity index (χ0) is 10.2. The molecule has 0 aliphatic heterocycles. The van der Waals surface area contributed by atoms with Crippen LogP contribution >= 0.6 is 0 Å². The molecule has 2 rings (SSSR count). The third kappa shape index (κ3) is 1.19. The minimum absolute atomic E-state index is 0.121. The first-order chi connectivity index (χ1) is 6.62. The summed E-state index contributed by atoms with van der Waals surface area (Å²) in [5.41, 5.74) is 1.21. The molecule has 0 amide bonds. The molecule has 0 unspecified atom stereocenters. The molecule has 1 aromatic carbocycles. The first-order valence-corrected chi connectivity index (χ1v) is 5.14. The van der Waals surface area contributed by atoms with Gasteiger partial charge in [0.1, 0.15) is 6.29 Å². The molecule has 1 fully saturated rings. The van der Waals surface area contributed by atoms with Crippen molar-refractivity contribution in [1.29, 1.82) is 0 Å². The normalized spacial score (nSPS) is 19.0. The predicted octanol–water partition coefficient (Wildman–Crippen LogP) is 2.94. The van der Waals surface area contributed by atoms with Gasteiger partial charge in [-0.2, -0.15) is 0 Å². The highest BCUT2D eigenvalue weighted by Crippen LogP contribution is 2.58. The van der Waals surface area contributed by atoms with Crippen LogP contribution < -0.4 is 0 Å². The zero-order valence-corrected chi connectivity index (χ0v) is 8.79. The average molecular weight is 188 g/mol. The first kappa shape index (κ1) is 9.45. The molecule has 1 aromatic rings. The van der Waals surface area contributed by atoms with E-state index in [1.807, 2.05) is 19.9 Å². The van der Waals surface area contributed by atoms with Gasteiger partial charge in [0.15, 0.2) is 0 Å². The van der Waals surface area contributed by atoms with Crippen molar-refractivity contribution in [2.75, 3.05) is 0 Å². The first-order valence-electron chi connectivity index (χ1n) is 5.14. The lowest BCUT2D eigenvalue weighted by molar-refractivity contribution is -0.116. The fraction of sp³-hybridized carbons (Fsp3) is 0.462. The Morgan fingerprint density at radius 3 is 2.21 bits per heavy atom. The molecule has 1 nitrogen and oxygen atoms in total. The second-order valence-electron chi connectivity index (χ2n) is 4.79. The van der Waals surface area contributed by atoms with Gasteiger partial charge in [0, 0.05) is 10.8 Å². The van der Waals surface area contributed by atoms with Crippen LogP contribution in [-0.4, -0.2) is 6.29 Å². The van der Waals surface area contributed by atoms with E-state index >= 15 is 0 Å². The van der Waals surface area contributed by atoms with E-state index < -0.39 is 0 Å². The van der Waals surface area contributed by atoms with E-state index in [0.717, 1.165) is 19.1 Å². The smallest absolute Gasteiger partial charge is 0.126 e. The molecular weight excluding hydrogens is 172 g/mol. The molecule has 0 spiro atoms. The topological polar surface area (TPSA) is 17.1 Å². The lowest BCUT2D eigenvalue weighted by Gasteiger charge is -2.29. The van der Waals surface area contributed by atoms with Gasteiger partial charge in [0.2, 0.25) is 0 Å². The van der Waals surface area contributed by atoms with Crippen molar-refractivity contribution in [3.63, 3.8) is 0 Å². The van der Waals surface area contributed by atoms with Gasteiger partial charge in [-0.15, -0.1) is 0 Å². The van der Waals surface area contributed by atoms with E-state index in [2.05, 4.69) is 24.3 Å². The monoisotopic (exact) mass is 188 g/mol. The molecule has 74 valence electrons. The third-order valence-corrected chi connectivity index (χ3v) is 3.60. The molecule has 0 saturated heterocycles. The Morgan fingerprint density at radius 1 is 1.21 bits per heavy atom. The Morgan fingerprint density at radius 2 is 1.79 bits per heavy atom. The molecule has 1 aliphatic carbocycles. The van der Waals surface area contributed by atoms with Crippen molar-refractivity contribution < 1.29 is 4.79 Å². The van der Waals surface area contributed by atoms with Crippen LogP contribution in [-0.2, 0) is 10.2 Å². The summed E-state index contributed by atoms with van der Waals surface area (Å²) in [4.78, 5) is 11.1. The molecule has 1 saturated carbocycles. The Kier molecular flexibility index (Phi) is 1.99. The number of hydrogen-bond acceptors (Lipinski definition) is 1. The lowest BCUT2D eigenvalue weighted by Crippen LogP contribution is -2.30. The molecule has 14 heavy (non-hydrogen) atoms. The van der Waals surface area contributed by atoms with Crippen LogP contribution in [0.5, 0.6) is 0 Å². The highest BCUT2D eigenvalue weighted by molar-refractivity contribution is 5.64. The van der Waals surface area contributed by atoms with Gasteiger partial charge in [-0.05, 0) is 18.4 Å². The van der Waals surface area contributed by atoms with E-state index in [1.165, 1.54) is 5.56 Å². The molecule has 0 atom stereocenters. The molecule has 0 N–H and O–H groups in total. The summed E-state index contributed by atoms with van der Waals surface area (Å²) < 4.78 is 0. The fourth-order valence-electron chi connectivity index (χ4n) is 2.30. The summed E-state index contributed by atoms with van der Waals surface area (Å²) in [6.45, 7) is 4.08. The van der Waals surface area contributed by atoms with Gasteiger partial charge in [0.25, 0.3) is 0 Å². The summed E-state index contributed by atoms with van der Waals surface area (Å²) in [6.07, 6.45) is 3.39. The molecule has 0 radical (unpaired) electrons. The van der Waals surface area contributed by atoms with Crippen molar-refractivity contribution >= 4 is 6.29 Å². The van der Waals surface area contributed by atoms with E-state index in [0.29, 0.717) is 0 Å². The fourth-order valence-corrected chi connectivity index (χ4v) is 2.30. The number of hydrogen-bond donors (Lipinski definition) is 0. The second-order valence-corrected chi connectivity index (χ2v) is 4.79. The van der Waals surface area contributed by atoms with Gasteiger partial charge >= 0.3 is 0 Å². The Bertz CT molecular complexity index is 334. The van der Waals surface area contributed by atoms with Crippen LogP contribution in [0.2, 0.25) is 0 Å². The van der Waals surface area contributed by atoms with Crippen LogP contribution in [0.3, 0.4) is 0 Å². The SMILES string of the molecule is CC(C)(C=O)C1(c2ccccc2)CC1. The molecule has 0 aromatic heterocycles. The van der Waals surface area contributed by atoms with Gasteiger partial charge < -0.3 is 4.79 Å². The van der Waals surface area contributed by atoms with Crippen molar-refractivity contribution in [3.8, 4) is 0 Å². The van der Waals surface area contributed by atoms with Gasteiger partial charge in [-0.25, -0.2) is 0 Å². The van der Waals surface area contributed by atoms with Crippen LogP contribution in [0.4, 0.5) is 0 Å². The maximum absolute atomic E-state index is 11.1. The second kappa shape index (κ2) is 2.94. The minimum atomic E-state index is -0.228. The van der Waals surface area contributed by atoms with Gasteiger partial charge in [-0.1, -0.05) is 44.2 Å². The Hall–Kier alpha value is -1.11. The number of carbonyl (C=O) groups is 1. The summed E-state index contributed by atoms with van der Waals surface area (Å²) in [7, 11) is 0. The number of aldehydes is 1. The van der Waals surface area contributed by atoms with Gasteiger partial charge in [-0.3, -0.25) is 0 Å². The molecule has 0 heterocycles. The zero-order valence-electron chi connectivity index (χ0n) is 8.79. The number of carbonyl (C=O) groups excluding carboxylic acids is 1. The minimum Gasteiger partial charge on any atom is -0.303 e. The van der Waals surface area contributed by atoms with Crippen molar-refractivity contribution in [2.24, 2.45) is 5.41 Å². The maximum Gasteiger partial charge on any atom is 0.126 e. The average Bonchev–Trinajstić information content (AvgIpc) is 3.00. The number of benzene rings is 1. The third-order valence-electron chi connectivity index (χ3n) is 3.60. The summed E-state index contributed by atoms with van der Waals surface area (Å²) >= 11 is 0. The predicted molar refractivity (Wildman–Crippen MR) is 57.2 cm³/mol. The standard InChI is InChI=1S/C13H16O/c1-12(2,10-14)13(8-9-13)11-6-4-3-5-7-11/h3-7,10H,8-9H2,1-2H3. The van der Waals surface area contributed by atoms with E-state index in [9.17, 15) is 4.79 Å². The molecule has 0 bridgehead atoms. The Balaban J connectivity index is 2.39. The number of rotatable bonds is 3. The van der Waals surface area contributed by atoms with Crippen molar-refractivity contribution in [1.82, 2.24) is 0 Å². The molecular formula is C13H16O. The summed E-state index contributed by atoms with van der Waals surface area (Å²) in [5, 5.41) is 0. The summed E-state index contributed by atoms with van der Waals surface area (Å²) in [5.74, 6) is 0. The lowest BCUT2D eigenvalue weighted by atomic mass is 9.73. The Labute approximate surface area is 85.1 Å². The summed E-state index contributed by atoms with van der Waals surface area (Å²) in [6, 6.07) is 10.4. The van der Waals surface area contributed by atoms with Crippen LogP contribution in [0.1, 0.15) is 32.3 Å². The van der Waals surface area contributed by atoms with Gasteiger partial charge in [0.05, 0.1) is 0 Å². The molecule has 1 aliphatic rings. The van der Waals surface area contributed by atoms with Crippen LogP contribution in [0, 0.1) is 5.41 Å². The largest absolute Gasteiger partial charge is 0.303 e. The van der Waals surface area contributed by atoms with E-state index in [1.54, 1.807) is 0 Å². The van der Waals surface area contributed by atoms with Crippen LogP contribution in [0.25, 0.3) is 0 Å². The van der Waals surface area contributed by atoms with E-state index in [-0.39, 0.29) is 10.8 Å².